The Morgan fingerprint density at radius 1 is 1.03 bits per heavy atom. The highest BCUT2D eigenvalue weighted by Gasteiger charge is 2.32. The maximum atomic E-state index is 12.5. The van der Waals surface area contributed by atoms with Gasteiger partial charge in [-0.3, -0.25) is 4.90 Å². The van der Waals surface area contributed by atoms with E-state index in [1.165, 1.54) is 4.90 Å². The van der Waals surface area contributed by atoms with Gasteiger partial charge in [-0.2, -0.15) is 0 Å². The summed E-state index contributed by atoms with van der Waals surface area (Å²) in [5.41, 5.74) is 2.61. The number of carboxylic acids is 1. The fourth-order valence-corrected chi connectivity index (χ4v) is 3.93. The second-order valence-corrected chi connectivity index (χ2v) is 9.61. The number of carbonyl (C=O) groups excluding carboxylic acids is 1. The van der Waals surface area contributed by atoms with Crippen LogP contribution in [0.1, 0.15) is 37.8 Å². The monoisotopic (exact) mass is 490 g/mol. The van der Waals surface area contributed by atoms with E-state index >= 15 is 0 Å². The Balaban J connectivity index is 1.38. The summed E-state index contributed by atoms with van der Waals surface area (Å²) in [6.07, 6.45) is 0.0538. The van der Waals surface area contributed by atoms with Gasteiger partial charge in [0.15, 0.2) is 0 Å². The van der Waals surface area contributed by atoms with Gasteiger partial charge in [0.05, 0.1) is 31.0 Å². The van der Waals surface area contributed by atoms with E-state index in [4.69, 9.17) is 13.9 Å². The summed E-state index contributed by atoms with van der Waals surface area (Å²) in [6, 6.07) is 16.9. The lowest BCUT2D eigenvalue weighted by atomic mass is 10.0. The van der Waals surface area contributed by atoms with Crippen molar-refractivity contribution in [3.63, 3.8) is 0 Å². The van der Waals surface area contributed by atoms with Crippen LogP contribution in [0.3, 0.4) is 0 Å². The predicted octanol–water partition coefficient (Wildman–Crippen LogP) is 5.36. The first-order chi connectivity index (χ1) is 17.1. The third-order valence-corrected chi connectivity index (χ3v) is 5.70. The maximum absolute atomic E-state index is 12.5. The summed E-state index contributed by atoms with van der Waals surface area (Å²) in [5.74, 6) is 0.959. The molecule has 8 heteroatoms. The van der Waals surface area contributed by atoms with Crippen LogP contribution >= 0.6 is 0 Å². The molecule has 2 aromatic carbocycles. The Morgan fingerprint density at radius 3 is 2.36 bits per heavy atom. The number of amides is 1. The van der Waals surface area contributed by atoms with E-state index in [9.17, 15) is 14.7 Å². The van der Waals surface area contributed by atoms with E-state index in [-0.39, 0.29) is 18.7 Å². The van der Waals surface area contributed by atoms with E-state index < -0.39 is 17.7 Å². The van der Waals surface area contributed by atoms with Crippen LogP contribution in [-0.2, 0) is 16.0 Å². The second kappa shape index (κ2) is 10.3. The van der Waals surface area contributed by atoms with Crippen LogP contribution in [-0.4, -0.2) is 52.4 Å². The molecule has 1 N–H and O–H groups in total. The normalized spacial score (nSPS) is 13.7. The molecule has 0 bridgehead atoms. The summed E-state index contributed by atoms with van der Waals surface area (Å²) in [4.78, 5) is 30.3. The smallest absolute Gasteiger partial charge is 0.410 e. The SMILES string of the molecule is Cc1oc(-c2ccccc2)nc1CCOc1ccc(C2=C(C(=O)O)CN(C(=O)OC(C)(C)C)C2)cc1. The minimum atomic E-state index is -1.05. The minimum absolute atomic E-state index is 0.000146. The predicted molar refractivity (Wildman–Crippen MR) is 135 cm³/mol. The van der Waals surface area contributed by atoms with Gasteiger partial charge in [0.25, 0.3) is 0 Å². The molecule has 1 aromatic heterocycles. The molecule has 0 aliphatic carbocycles. The molecule has 0 atom stereocenters. The maximum Gasteiger partial charge on any atom is 0.410 e. The van der Waals surface area contributed by atoms with Crippen molar-refractivity contribution >= 4 is 17.6 Å². The number of carbonyl (C=O) groups is 2. The number of aromatic nitrogens is 1. The van der Waals surface area contributed by atoms with E-state index in [1.807, 2.05) is 37.3 Å². The van der Waals surface area contributed by atoms with Crippen molar-refractivity contribution in [2.45, 2.75) is 39.7 Å². The van der Waals surface area contributed by atoms with Crippen molar-refractivity contribution in [3.05, 3.63) is 77.2 Å². The second-order valence-electron chi connectivity index (χ2n) is 9.61. The van der Waals surface area contributed by atoms with Gasteiger partial charge in [-0.1, -0.05) is 30.3 Å². The highest BCUT2D eigenvalue weighted by molar-refractivity contribution is 6.00. The van der Waals surface area contributed by atoms with E-state index in [1.54, 1.807) is 45.0 Å². The number of carboxylic acid groups (broad SMARTS) is 1. The molecular weight excluding hydrogens is 460 g/mol. The number of aliphatic carboxylic acids is 1. The Morgan fingerprint density at radius 2 is 1.72 bits per heavy atom. The van der Waals surface area contributed by atoms with E-state index in [0.29, 0.717) is 30.2 Å². The number of ether oxygens (including phenoxy) is 2. The molecule has 0 radical (unpaired) electrons. The molecule has 36 heavy (non-hydrogen) atoms. The molecule has 2 heterocycles. The van der Waals surface area contributed by atoms with Gasteiger partial charge >= 0.3 is 12.1 Å². The standard InChI is InChI=1S/C28H30N2O6/c1-18-24(29-25(35-18)20-8-6-5-7-9-20)14-15-34-21-12-10-19(11-13-21)22-16-30(17-23(22)26(31)32)27(33)36-28(2,3)4/h5-13H,14-17H2,1-4H3,(H,31,32). The van der Waals surface area contributed by atoms with Crippen LogP contribution in [0.25, 0.3) is 17.0 Å². The Kier molecular flexibility index (Phi) is 7.15. The van der Waals surface area contributed by atoms with Crippen molar-refractivity contribution in [3.8, 4) is 17.2 Å². The number of rotatable bonds is 7. The Labute approximate surface area is 210 Å². The largest absolute Gasteiger partial charge is 0.493 e. The van der Waals surface area contributed by atoms with Gasteiger partial charge in [-0.05, 0) is 63.1 Å². The molecule has 1 amide bonds. The van der Waals surface area contributed by atoms with Crippen molar-refractivity contribution in [2.24, 2.45) is 0 Å². The summed E-state index contributed by atoms with van der Waals surface area (Å²) >= 11 is 0. The zero-order valence-electron chi connectivity index (χ0n) is 20.9. The summed E-state index contributed by atoms with van der Waals surface area (Å²) in [6.45, 7) is 7.80. The summed E-state index contributed by atoms with van der Waals surface area (Å²) in [5, 5.41) is 9.68. The fourth-order valence-electron chi connectivity index (χ4n) is 3.93. The number of aryl methyl sites for hydroxylation is 1. The molecule has 0 spiro atoms. The highest BCUT2D eigenvalue weighted by atomic mass is 16.6. The lowest BCUT2D eigenvalue weighted by Gasteiger charge is -2.24. The van der Waals surface area contributed by atoms with Crippen LogP contribution in [0.15, 0.2) is 64.6 Å². The van der Waals surface area contributed by atoms with Gasteiger partial charge in [0.1, 0.15) is 17.1 Å². The average molecular weight is 491 g/mol. The first-order valence-electron chi connectivity index (χ1n) is 11.8. The first-order valence-corrected chi connectivity index (χ1v) is 11.8. The third kappa shape index (κ3) is 5.94. The van der Waals surface area contributed by atoms with E-state index in [0.717, 1.165) is 22.6 Å². The van der Waals surface area contributed by atoms with Crippen LogP contribution < -0.4 is 4.74 Å². The molecule has 0 unspecified atom stereocenters. The molecule has 188 valence electrons. The minimum Gasteiger partial charge on any atom is -0.493 e. The number of benzene rings is 2. The van der Waals surface area contributed by atoms with E-state index in [2.05, 4.69) is 4.98 Å². The number of nitrogens with zero attached hydrogens (tertiary/aromatic N) is 2. The lowest BCUT2D eigenvalue weighted by molar-refractivity contribution is -0.132. The van der Waals surface area contributed by atoms with Gasteiger partial charge in [0, 0.05) is 12.0 Å². The molecule has 0 saturated heterocycles. The number of oxazole rings is 1. The molecule has 0 fully saturated rings. The van der Waals surface area contributed by atoms with Crippen molar-refractivity contribution in [1.29, 1.82) is 0 Å². The first kappa shape index (κ1) is 25.0. The van der Waals surface area contributed by atoms with Gasteiger partial charge in [0.2, 0.25) is 5.89 Å². The van der Waals surface area contributed by atoms with Crippen LogP contribution in [0, 0.1) is 6.92 Å². The van der Waals surface area contributed by atoms with Gasteiger partial charge in [-0.25, -0.2) is 14.6 Å². The third-order valence-electron chi connectivity index (χ3n) is 5.70. The molecule has 1 aliphatic heterocycles. The summed E-state index contributed by atoms with van der Waals surface area (Å²) in [7, 11) is 0. The molecular formula is C28H30N2O6. The average Bonchev–Trinajstić information content (AvgIpc) is 3.44. The molecule has 3 aromatic rings. The van der Waals surface area contributed by atoms with Gasteiger partial charge < -0.3 is 19.0 Å². The van der Waals surface area contributed by atoms with Crippen molar-refractivity contribution < 1.29 is 28.6 Å². The lowest BCUT2D eigenvalue weighted by Crippen LogP contribution is -2.36. The Hall–Kier alpha value is -4.07. The molecule has 4 rings (SSSR count). The summed E-state index contributed by atoms with van der Waals surface area (Å²) < 4.78 is 17.1. The quantitative estimate of drug-likeness (QED) is 0.476. The molecule has 1 aliphatic rings. The van der Waals surface area contributed by atoms with Crippen LogP contribution in [0.5, 0.6) is 5.75 Å². The van der Waals surface area contributed by atoms with Gasteiger partial charge in [-0.15, -0.1) is 0 Å². The molecule has 0 saturated carbocycles. The van der Waals surface area contributed by atoms with Crippen LogP contribution in [0.2, 0.25) is 0 Å². The highest BCUT2D eigenvalue weighted by Crippen LogP contribution is 2.30. The zero-order valence-corrected chi connectivity index (χ0v) is 20.9. The zero-order chi connectivity index (χ0) is 25.9. The molecule has 8 nitrogen and oxygen atoms in total. The van der Waals surface area contributed by atoms with Crippen molar-refractivity contribution in [1.82, 2.24) is 9.88 Å². The topological polar surface area (TPSA) is 102 Å². The fraction of sp³-hybridized carbons (Fsp3) is 0.321. The number of hydrogen-bond donors (Lipinski definition) is 1. The number of hydrogen-bond acceptors (Lipinski definition) is 6. The van der Waals surface area contributed by atoms with Crippen LogP contribution in [0.4, 0.5) is 4.79 Å². The van der Waals surface area contributed by atoms with Crippen molar-refractivity contribution in [2.75, 3.05) is 19.7 Å². The Bertz CT molecular complexity index is 1270.